The van der Waals surface area contributed by atoms with E-state index in [0.717, 1.165) is 38.0 Å². The van der Waals surface area contributed by atoms with Crippen LogP contribution in [0, 0.1) is 5.92 Å². The molecule has 0 unspecified atom stereocenters. The van der Waals surface area contributed by atoms with Crippen LogP contribution in [-0.2, 0) is 19.1 Å². The van der Waals surface area contributed by atoms with E-state index in [2.05, 4.69) is 5.32 Å². The summed E-state index contributed by atoms with van der Waals surface area (Å²) in [5.41, 5.74) is 0.981. The first-order valence-corrected chi connectivity index (χ1v) is 6.99. The summed E-state index contributed by atoms with van der Waals surface area (Å²) >= 11 is 0. The number of hydrogen-bond acceptors (Lipinski definition) is 5. The van der Waals surface area contributed by atoms with Crippen molar-refractivity contribution in [2.45, 2.75) is 26.2 Å². The van der Waals surface area contributed by atoms with E-state index in [9.17, 15) is 9.59 Å². The van der Waals surface area contributed by atoms with Crippen molar-refractivity contribution >= 4 is 12.3 Å². The molecule has 0 bridgehead atoms. The summed E-state index contributed by atoms with van der Waals surface area (Å²) in [4.78, 5) is 22.6. The van der Waals surface area contributed by atoms with Crippen molar-refractivity contribution in [3.05, 3.63) is 23.4 Å². The maximum atomic E-state index is 11.6. The molecule has 1 N–H and O–H groups in total. The van der Waals surface area contributed by atoms with Gasteiger partial charge in [-0.15, -0.1) is 0 Å². The number of aldehydes is 1. The summed E-state index contributed by atoms with van der Waals surface area (Å²) in [6.45, 7) is 3.53. The Bertz CT molecular complexity index is 381. The van der Waals surface area contributed by atoms with Crippen molar-refractivity contribution in [1.29, 1.82) is 0 Å². The Kier molecular flexibility index (Phi) is 7.65. The summed E-state index contributed by atoms with van der Waals surface area (Å²) in [5.74, 6) is -0.0498. The molecule has 0 radical (unpaired) electrons. The summed E-state index contributed by atoms with van der Waals surface area (Å²) in [5, 5.41) is 2.95. The highest BCUT2D eigenvalue weighted by molar-refractivity contribution is 6.08. The molecule has 1 aliphatic heterocycles. The highest BCUT2D eigenvalue weighted by Crippen LogP contribution is 2.23. The first kappa shape index (κ1) is 16.4. The van der Waals surface area contributed by atoms with Crippen LogP contribution in [-0.4, -0.2) is 39.1 Å². The smallest absolute Gasteiger partial charge is 0.341 e. The maximum Gasteiger partial charge on any atom is 0.341 e. The second-order valence-electron chi connectivity index (χ2n) is 4.71. The van der Waals surface area contributed by atoms with Gasteiger partial charge in [-0.1, -0.05) is 0 Å². The number of carbonyl (C=O) groups excluding carboxylic acids is 2. The standard InChI is InChI=1S/C15H23NO4/c1-3-20-15(18)14(11-17)9-13(10-16-2)8-12-4-6-19-7-5-12/h9-12,16H,3-8H2,1-2H3/b13-10-,14-9+. The van der Waals surface area contributed by atoms with Gasteiger partial charge >= 0.3 is 5.97 Å². The Hall–Kier alpha value is -1.62. The summed E-state index contributed by atoms with van der Waals surface area (Å²) in [6, 6.07) is 0. The lowest BCUT2D eigenvalue weighted by Gasteiger charge is -2.22. The quantitative estimate of drug-likeness (QED) is 0.192. The van der Waals surface area contributed by atoms with E-state index in [1.165, 1.54) is 0 Å². The van der Waals surface area contributed by atoms with E-state index < -0.39 is 5.97 Å². The molecule has 1 rings (SSSR count). The third kappa shape index (κ3) is 5.57. The Morgan fingerprint density at radius 3 is 2.65 bits per heavy atom. The third-order valence-corrected chi connectivity index (χ3v) is 3.17. The van der Waals surface area contributed by atoms with Crippen LogP contribution in [0.1, 0.15) is 26.2 Å². The minimum Gasteiger partial charge on any atom is -0.462 e. The molecule has 0 aromatic rings. The first-order chi connectivity index (χ1) is 9.71. The van der Waals surface area contributed by atoms with Crippen molar-refractivity contribution in [3.63, 3.8) is 0 Å². The van der Waals surface area contributed by atoms with Crippen molar-refractivity contribution in [3.8, 4) is 0 Å². The highest BCUT2D eigenvalue weighted by atomic mass is 16.5. The first-order valence-electron chi connectivity index (χ1n) is 6.99. The maximum absolute atomic E-state index is 11.6. The molecule has 0 aromatic carbocycles. The fourth-order valence-electron chi connectivity index (χ4n) is 2.18. The molecule has 0 saturated carbocycles. The largest absolute Gasteiger partial charge is 0.462 e. The van der Waals surface area contributed by atoms with Crippen molar-refractivity contribution in [2.24, 2.45) is 5.92 Å². The zero-order valence-corrected chi connectivity index (χ0v) is 12.2. The molecule has 5 nitrogen and oxygen atoms in total. The molecule has 0 aromatic heterocycles. The van der Waals surface area contributed by atoms with Gasteiger partial charge in [0.2, 0.25) is 0 Å². The van der Waals surface area contributed by atoms with Gasteiger partial charge < -0.3 is 14.8 Å². The van der Waals surface area contributed by atoms with Crippen LogP contribution in [0.3, 0.4) is 0 Å². The Labute approximate surface area is 120 Å². The fraction of sp³-hybridized carbons (Fsp3) is 0.600. The van der Waals surface area contributed by atoms with E-state index in [0.29, 0.717) is 12.2 Å². The van der Waals surface area contributed by atoms with Crippen LogP contribution in [0.25, 0.3) is 0 Å². The number of nitrogens with one attached hydrogen (secondary N) is 1. The second-order valence-corrected chi connectivity index (χ2v) is 4.71. The Morgan fingerprint density at radius 1 is 1.40 bits per heavy atom. The van der Waals surface area contributed by atoms with Gasteiger partial charge in [0.05, 0.1) is 12.2 Å². The topological polar surface area (TPSA) is 64.6 Å². The highest BCUT2D eigenvalue weighted by Gasteiger charge is 2.16. The SMILES string of the molecule is CCOC(=O)/C(C=O)=C/C(=C\NC)CC1CCOCC1. The molecule has 0 amide bonds. The van der Waals surface area contributed by atoms with Crippen molar-refractivity contribution in [1.82, 2.24) is 5.32 Å². The van der Waals surface area contributed by atoms with Crippen molar-refractivity contribution in [2.75, 3.05) is 26.9 Å². The van der Waals surface area contributed by atoms with Crippen LogP contribution in [0.15, 0.2) is 23.4 Å². The number of hydrogen-bond donors (Lipinski definition) is 1. The van der Waals surface area contributed by atoms with Gasteiger partial charge in [0.1, 0.15) is 0 Å². The predicted octanol–water partition coefficient (Wildman–Crippen LogP) is 1.59. The number of ether oxygens (including phenoxy) is 2. The third-order valence-electron chi connectivity index (χ3n) is 3.17. The van der Waals surface area contributed by atoms with Crippen LogP contribution >= 0.6 is 0 Å². The van der Waals surface area contributed by atoms with Crippen LogP contribution < -0.4 is 5.32 Å². The average molecular weight is 281 g/mol. The van der Waals surface area contributed by atoms with Gasteiger partial charge in [0, 0.05) is 20.3 Å². The fourth-order valence-corrected chi connectivity index (χ4v) is 2.18. The van der Waals surface area contributed by atoms with Crippen LogP contribution in [0.5, 0.6) is 0 Å². The number of esters is 1. The molecule has 112 valence electrons. The summed E-state index contributed by atoms with van der Waals surface area (Å²) in [7, 11) is 1.79. The summed E-state index contributed by atoms with van der Waals surface area (Å²) in [6.07, 6.45) is 6.80. The molecule has 0 spiro atoms. The number of carbonyl (C=O) groups is 2. The lowest BCUT2D eigenvalue weighted by atomic mass is 9.92. The Morgan fingerprint density at radius 2 is 2.10 bits per heavy atom. The second kappa shape index (κ2) is 9.31. The van der Waals surface area contributed by atoms with Crippen LogP contribution in [0.2, 0.25) is 0 Å². The summed E-state index contributed by atoms with van der Waals surface area (Å²) < 4.78 is 10.2. The molecule has 20 heavy (non-hydrogen) atoms. The lowest BCUT2D eigenvalue weighted by Crippen LogP contribution is -2.17. The van der Waals surface area contributed by atoms with Crippen LogP contribution in [0.4, 0.5) is 0 Å². The number of allylic oxidation sites excluding steroid dienone is 2. The predicted molar refractivity (Wildman–Crippen MR) is 76.1 cm³/mol. The molecule has 1 aliphatic rings. The van der Waals surface area contributed by atoms with Gasteiger partial charge in [0.25, 0.3) is 0 Å². The van der Waals surface area contributed by atoms with Gasteiger partial charge in [-0.05, 0) is 50.0 Å². The zero-order chi connectivity index (χ0) is 14.8. The average Bonchev–Trinajstić information content (AvgIpc) is 2.46. The molecular weight excluding hydrogens is 258 g/mol. The Balaban J connectivity index is 2.75. The van der Waals surface area contributed by atoms with Gasteiger partial charge in [-0.2, -0.15) is 0 Å². The minimum atomic E-state index is -0.573. The van der Waals surface area contributed by atoms with Gasteiger partial charge in [-0.25, -0.2) is 4.79 Å². The van der Waals surface area contributed by atoms with E-state index >= 15 is 0 Å². The minimum absolute atomic E-state index is 0.0559. The van der Waals surface area contributed by atoms with E-state index in [-0.39, 0.29) is 12.2 Å². The molecule has 0 aliphatic carbocycles. The number of rotatable bonds is 7. The molecule has 0 atom stereocenters. The molecule has 1 fully saturated rings. The van der Waals surface area contributed by atoms with Gasteiger partial charge in [-0.3, -0.25) is 4.79 Å². The van der Waals surface area contributed by atoms with E-state index in [1.54, 1.807) is 20.0 Å². The molecular formula is C15H23NO4. The zero-order valence-electron chi connectivity index (χ0n) is 12.2. The normalized spacial score (nSPS) is 17.7. The molecule has 1 saturated heterocycles. The monoisotopic (exact) mass is 281 g/mol. The van der Waals surface area contributed by atoms with Crippen molar-refractivity contribution < 1.29 is 19.1 Å². The molecule has 1 heterocycles. The molecule has 5 heteroatoms. The van der Waals surface area contributed by atoms with E-state index in [1.807, 2.05) is 6.20 Å². The van der Waals surface area contributed by atoms with E-state index in [4.69, 9.17) is 9.47 Å². The lowest BCUT2D eigenvalue weighted by molar-refractivity contribution is -0.139. The van der Waals surface area contributed by atoms with Gasteiger partial charge in [0.15, 0.2) is 6.29 Å².